The lowest BCUT2D eigenvalue weighted by Crippen LogP contribution is -2.49. The summed E-state index contributed by atoms with van der Waals surface area (Å²) in [5.74, 6) is 0.642. The lowest BCUT2D eigenvalue weighted by atomic mass is 10.1. The van der Waals surface area contributed by atoms with Gasteiger partial charge >= 0.3 is 0 Å². The van der Waals surface area contributed by atoms with Crippen LogP contribution in [0.25, 0.3) is 11.0 Å². The Balaban J connectivity index is 1.33. The van der Waals surface area contributed by atoms with Crippen molar-refractivity contribution in [1.29, 1.82) is 0 Å². The van der Waals surface area contributed by atoms with Gasteiger partial charge in [0, 0.05) is 37.6 Å². The molecule has 168 valence electrons. The molecule has 7 heteroatoms. The molecule has 0 atom stereocenters. The van der Waals surface area contributed by atoms with Crippen LogP contribution in [-0.2, 0) is 17.8 Å². The van der Waals surface area contributed by atoms with E-state index in [1.807, 2.05) is 69.0 Å². The Morgan fingerprint density at radius 2 is 1.70 bits per heavy atom. The third-order valence-electron chi connectivity index (χ3n) is 6.10. The van der Waals surface area contributed by atoms with E-state index in [-0.39, 0.29) is 18.3 Å². The number of piperazine rings is 1. The number of anilines is 1. The molecule has 3 aromatic carbocycles. The number of halogens is 2. The van der Waals surface area contributed by atoms with E-state index in [1.54, 1.807) is 12.1 Å². The van der Waals surface area contributed by atoms with E-state index >= 15 is 0 Å². The van der Waals surface area contributed by atoms with Crippen LogP contribution in [0.4, 0.5) is 10.1 Å². The molecule has 4 aromatic rings. The van der Waals surface area contributed by atoms with Gasteiger partial charge in [-0.3, -0.25) is 4.79 Å². The largest absolute Gasteiger partial charge is 0.366 e. The van der Waals surface area contributed by atoms with Crippen molar-refractivity contribution in [3.05, 3.63) is 95.0 Å². The Hall–Kier alpha value is -3.38. The first-order chi connectivity index (χ1) is 16.1. The molecule has 1 aliphatic rings. The number of hydrogen-bond acceptors (Lipinski definition) is 3. The first-order valence-corrected chi connectivity index (χ1v) is 11.4. The third kappa shape index (κ3) is 4.57. The number of fused-ring (bicyclic) bond motifs is 1. The van der Waals surface area contributed by atoms with Crippen LogP contribution in [0.5, 0.6) is 0 Å². The van der Waals surface area contributed by atoms with Crippen molar-refractivity contribution in [3.63, 3.8) is 0 Å². The number of aromatic nitrogens is 2. The number of rotatable bonds is 5. The predicted octanol–water partition coefficient (Wildman–Crippen LogP) is 4.77. The number of hydrogen-bond donors (Lipinski definition) is 0. The Morgan fingerprint density at radius 1 is 0.939 bits per heavy atom. The van der Waals surface area contributed by atoms with Gasteiger partial charge in [0.05, 0.1) is 16.7 Å². The van der Waals surface area contributed by atoms with Crippen LogP contribution < -0.4 is 4.90 Å². The van der Waals surface area contributed by atoms with Crippen molar-refractivity contribution in [2.45, 2.75) is 13.0 Å². The molecule has 0 saturated carbocycles. The highest BCUT2D eigenvalue weighted by Crippen LogP contribution is 2.22. The second kappa shape index (κ2) is 9.24. The molecule has 2 heterocycles. The van der Waals surface area contributed by atoms with E-state index in [4.69, 9.17) is 16.6 Å². The zero-order valence-electron chi connectivity index (χ0n) is 18.1. The summed E-state index contributed by atoms with van der Waals surface area (Å²) in [7, 11) is 0. The number of imidazole rings is 1. The summed E-state index contributed by atoms with van der Waals surface area (Å²) in [6.45, 7) is 2.54. The van der Waals surface area contributed by atoms with Crippen molar-refractivity contribution in [2.24, 2.45) is 0 Å². The SMILES string of the molecule is O=C(Cn1c(Cc2cccc(Cl)c2)nc2ccccc21)N1CCN(c2ccccc2F)CC1. The van der Waals surface area contributed by atoms with Gasteiger partial charge in [-0.05, 0) is 42.0 Å². The number of amides is 1. The number of para-hydroxylation sites is 3. The molecule has 1 fully saturated rings. The summed E-state index contributed by atoms with van der Waals surface area (Å²) < 4.78 is 16.1. The normalized spacial score (nSPS) is 14.1. The van der Waals surface area contributed by atoms with Gasteiger partial charge < -0.3 is 14.4 Å². The molecule has 0 N–H and O–H groups in total. The van der Waals surface area contributed by atoms with Crippen LogP contribution in [0.15, 0.2) is 72.8 Å². The first kappa shape index (κ1) is 21.5. The standard InChI is InChI=1S/C26H24ClFN4O/c27-20-7-5-6-19(16-20)17-25-29-22-9-2-4-11-24(22)32(25)18-26(33)31-14-12-30(13-15-31)23-10-3-1-8-21(23)28/h1-11,16H,12-15,17-18H2. The summed E-state index contributed by atoms with van der Waals surface area (Å²) in [5, 5.41) is 0.680. The molecule has 1 saturated heterocycles. The predicted molar refractivity (Wildman–Crippen MR) is 129 cm³/mol. The number of nitrogens with zero attached hydrogens (tertiary/aromatic N) is 4. The molecule has 1 aliphatic heterocycles. The van der Waals surface area contributed by atoms with Crippen LogP contribution in [0.2, 0.25) is 5.02 Å². The second-order valence-corrected chi connectivity index (χ2v) is 8.67. The Kier molecular flexibility index (Phi) is 6.01. The van der Waals surface area contributed by atoms with Gasteiger partial charge in [0.2, 0.25) is 5.91 Å². The molecule has 5 rings (SSSR count). The lowest BCUT2D eigenvalue weighted by molar-refractivity contribution is -0.132. The fraction of sp³-hybridized carbons (Fsp3) is 0.231. The summed E-state index contributed by atoms with van der Waals surface area (Å²) in [5.41, 5.74) is 3.44. The van der Waals surface area contributed by atoms with Gasteiger partial charge in [-0.15, -0.1) is 0 Å². The highest BCUT2D eigenvalue weighted by atomic mass is 35.5. The van der Waals surface area contributed by atoms with Crippen molar-refractivity contribution < 1.29 is 9.18 Å². The van der Waals surface area contributed by atoms with E-state index in [1.165, 1.54) is 6.07 Å². The van der Waals surface area contributed by atoms with Crippen LogP contribution >= 0.6 is 11.6 Å². The molecule has 0 unspecified atom stereocenters. The summed E-state index contributed by atoms with van der Waals surface area (Å²) >= 11 is 6.17. The number of carbonyl (C=O) groups is 1. The second-order valence-electron chi connectivity index (χ2n) is 8.23. The van der Waals surface area contributed by atoms with E-state index < -0.39 is 0 Å². The number of benzene rings is 3. The average Bonchev–Trinajstić information content (AvgIpc) is 3.16. The summed E-state index contributed by atoms with van der Waals surface area (Å²) in [6, 6.07) is 22.4. The maximum absolute atomic E-state index is 14.1. The van der Waals surface area contributed by atoms with Gasteiger partial charge in [-0.25, -0.2) is 9.37 Å². The van der Waals surface area contributed by atoms with Crippen LogP contribution in [-0.4, -0.2) is 46.5 Å². The molecule has 0 spiro atoms. The average molecular weight is 463 g/mol. The topological polar surface area (TPSA) is 41.4 Å². The molecule has 0 bridgehead atoms. The highest BCUT2D eigenvalue weighted by Gasteiger charge is 2.24. The fourth-order valence-corrected chi connectivity index (χ4v) is 4.62. The van der Waals surface area contributed by atoms with Crippen molar-refractivity contribution in [1.82, 2.24) is 14.5 Å². The minimum Gasteiger partial charge on any atom is -0.366 e. The molecular weight excluding hydrogens is 439 g/mol. The molecule has 0 aliphatic carbocycles. The zero-order chi connectivity index (χ0) is 22.8. The van der Waals surface area contributed by atoms with Crippen molar-refractivity contribution in [2.75, 3.05) is 31.1 Å². The molecular formula is C26H24ClFN4O. The summed E-state index contributed by atoms with van der Waals surface area (Å²) in [6.07, 6.45) is 0.587. The van der Waals surface area contributed by atoms with E-state index in [0.717, 1.165) is 22.4 Å². The monoisotopic (exact) mass is 462 g/mol. The molecule has 0 radical (unpaired) electrons. The van der Waals surface area contributed by atoms with Crippen LogP contribution in [0.3, 0.4) is 0 Å². The van der Waals surface area contributed by atoms with Crippen molar-refractivity contribution >= 4 is 34.2 Å². The zero-order valence-corrected chi connectivity index (χ0v) is 18.9. The van der Waals surface area contributed by atoms with Gasteiger partial charge in [0.1, 0.15) is 18.2 Å². The third-order valence-corrected chi connectivity index (χ3v) is 6.34. The summed E-state index contributed by atoms with van der Waals surface area (Å²) in [4.78, 5) is 21.9. The number of carbonyl (C=O) groups excluding carboxylic acids is 1. The highest BCUT2D eigenvalue weighted by molar-refractivity contribution is 6.30. The fourth-order valence-electron chi connectivity index (χ4n) is 4.41. The Bertz CT molecular complexity index is 1300. The van der Waals surface area contributed by atoms with Gasteiger partial charge in [-0.1, -0.05) is 48.0 Å². The molecule has 1 amide bonds. The minimum atomic E-state index is -0.229. The Labute approximate surface area is 197 Å². The van der Waals surface area contributed by atoms with E-state index in [9.17, 15) is 9.18 Å². The maximum Gasteiger partial charge on any atom is 0.242 e. The van der Waals surface area contributed by atoms with E-state index in [0.29, 0.717) is 43.3 Å². The van der Waals surface area contributed by atoms with Crippen LogP contribution in [0.1, 0.15) is 11.4 Å². The molecule has 1 aromatic heterocycles. The maximum atomic E-state index is 14.1. The van der Waals surface area contributed by atoms with Gasteiger partial charge in [0.15, 0.2) is 0 Å². The smallest absolute Gasteiger partial charge is 0.242 e. The molecule has 33 heavy (non-hydrogen) atoms. The van der Waals surface area contributed by atoms with Gasteiger partial charge in [-0.2, -0.15) is 0 Å². The van der Waals surface area contributed by atoms with Gasteiger partial charge in [0.25, 0.3) is 0 Å². The lowest BCUT2D eigenvalue weighted by Gasteiger charge is -2.36. The van der Waals surface area contributed by atoms with E-state index in [2.05, 4.69) is 0 Å². The van der Waals surface area contributed by atoms with Crippen molar-refractivity contribution in [3.8, 4) is 0 Å². The molecule has 5 nitrogen and oxygen atoms in total. The van der Waals surface area contributed by atoms with Crippen LogP contribution in [0, 0.1) is 5.82 Å². The first-order valence-electron chi connectivity index (χ1n) is 11.0. The quantitative estimate of drug-likeness (QED) is 0.429. The Morgan fingerprint density at radius 3 is 2.48 bits per heavy atom. The minimum absolute atomic E-state index is 0.0404.